The molecule has 4 rings (SSSR count). The van der Waals surface area contributed by atoms with Crippen molar-refractivity contribution < 1.29 is 17.9 Å². The van der Waals surface area contributed by atoms with Crippen molar-refractivity contribution in [2.24, 2.45) is 0 Å². The lowest BCUT2D eigenvalue weighted by Gasteiger charge is -2.26. The van der Waals surface area contributed by atoms with Crippen LogP contribution in [0, 0.1) is 0 Å². The lowest BCUT2D eigenvalue weighted by molar-refractivity contribution is 0.297. The lowest BCUT2D eigenvalue weighted by Crippen LogP contribution is -2.34. The van der Waals surface area contributed by atoms with Gasteiger partial charge >= 0.3 is 0 Å². The van der Waals surface area contributed by atoms with Gasteiger partial charge in [0.2, 0.25) is 10.0 Å². The highest BCUT2D eigenvalue weighted by Crippen LogP contribution is 2.33. The van der Waals surface area contributed by atoms with Crippen LogP contribution in [-0.4, -0.2) is 39.0 Å². The Morgan fingerprint density at radius 3 is 2.42 bits per heavy atom. The molecule has 6 heteroatoms. The topological polar surface area (TPSA) is 55.8 Å². The minimum Gasteiger partial charge on any atom is -0.490 e. The van der Waals surface area contributed by atoms with Crippen LogP contribution >= 0.6 is 0 Å². The molecule has 0 amide bonds. The molecular formula is C20H21NO4S. The average molecular weight is 371 g/mol. The average Bonchev–Trinajstić information content (AvgIpc) is 2.93. The second-order valence-corrected chi connectivity index (χ2v) is 8.31. The molecule has 0 bridgehead atoms. The summed E-state index contributed by atoms with van der Waals surface area (Å²) < 4.78 is 38.7. The largest absolute Gasteiger partial charge is 0.490 e. The quantitative estimate of drug-likeness (QED) is 0.830. The van der Waals surface area contributed by atoms with Gasteiger partial charge in [-0.2, -0.15) is 4.31 Å². The van der Waals surface area contributed by atoms with Gasteiger partial charge in [-0.15, -0.1) is 0 Å². The van der Waals surface area contributed by atoms with Crippen molar-refractivity contribution in [1.82, 2.24) is 4.31 Å². The van der Waals surface area contributed by atoms with Gasteiger partial charge in [-0.3, -0.25) is 0 Å². The van der Waals surface area contributed by atoms with Crippen molar-refractivity contribution in [3.8, 4) is 11.5 Å². The Kier molecular flexibility index (Phi) is 4.70. The van der Waals surface area contributed by atoms with Gasteiger partial charge in [0.1, 0.15) is 0 Å². The van der Waals surface area contributed by atoms with Crippen LogP contribution in [-0.2, 0) is 10.0 Å². The summed E-state index contributed by atoms with van der Waals surface area (Å²) in [5, 5.41) is 0. The van der Waals surface area contributed by atoms with E-state index in [1.54, 1.807) is 18.2 Å². The zero-order valence-corrected chi connectivity index (χ0v) is 15.2. The van der Waals surface area contributed by atoms with Crippen LogP contribution in [0.1, 0.15) is 18.4 Å². The first-order valence-corrected chi connectivity index (χ1v) is 10.2. The van der Waals surface area contributed by atoms with Crippen LogP contribution in [0.25, 0.3) is 5.57 Å². The number of sulfonamides is 1. The maximum atomic E-state index is 13.0. The van der Waals surface area contributed by atoms with Gasteiger partial charge < -0.3 is 9.47 Å². The fourth-order valence-corrected chi connectivity index (χ4v) is 4.63. The van der Waals surface area contributed by atoms with Crippen LogP contribution in [0.15, 0.2) is 59.5 Å². The highest BCUT2D eigenvalue weighted by atomic mass is 32.2. The van der Waals surface area contributed by atoms with E-state index >= 15 is 0 Å². The Morgan fingerprint density at radius 1 is 0.923 bits per heavy atom. The van der Waals surface area contributed by atoms with E-state index in [1.165, 1.54) is 9.88 Å². The SMILES string of the molecule is O=S(=O)(c1ccc2c(c1)OCCCO2)N1CC=C(c2ccccc2)CC1. The standard InChI is InChI=1S/C20H21NO4S/c22-26(23,18-7-8-19-20(15-18)25-14-4-13-24-19)21-11-9-17(10-12-21)16-5-2-1-3-6-16/h1-3,5-9,15H,4,10-14H2. The van der Waals surface area contributed by atoms with Crippen molar-refractivity contribution in [2.75, 3.05) is 26.3 Å². The summed E-state index contributed by atoms with van der Waals surface area (Å²) in [4.78, 5) is 0.248. The van der Waals surface area contributed by atoms with E-state index in [0.29, 0.717) is 44.2 Å². The third-order valence-electron chi connectivity index (χ3n) is 4.67. The van der Waals surface area contributed by atoms with Gasteiger partial charge in [0.25, 0.3) is 0 Å². The minimum absolute atomic E-state index is 0.248. The molecule has 5 nitrogen and oxygen atoms in total. The molecule has 2 aromatic rings. The molecule has 0 saturated carbocycles. The molecule has 2 aliphatic rings. The molecule has 0 aromatic heterocycles. The van der Waals surface area contributed by atoms with Crippen LogP contribution in [0.3, 0.4) is 0 Å². The second kappa shape index (κ2) is 7.13. The van der Waals surface area contributed by atoms with Gasteiger partial charge in [0.15, 0.2) is 11.5 Å². The number of ether oxygens (including phenoxy) is 2. The predicted molar refractivity (Wildman–Crippen MR) is 99.8 cm³/mol. The molecule has 0 fully saturated rings. The molecule has 2 aromatic carbocycles. The molecule has 0 radical (unpaired) electrons. The third-order valence-corrected chi connectivity index (χ3v) is 6.53. The zero-order valence-electron chi connectivity index (χ0n) is 14.4. The molecule has 136 valence electrons. The first-order valence-electron chi connectivity index (χ1n) is 8.79. The highest BCUT2D eigenvalue weighted by molar-refractivity contribution is 7.89. The van der Waals surface area contributed by atoms with Crippen molar-refractivity contribution in [1.29, 1.82) is 0 Å². The second-order valence-electron chi connectivity index (χ2n) is 6.37. The number of benzene rings is 2. The molecule has 2 heterocycles. The number of nitrogens with zero attached hydrogens (tertiary/aromatic N) is 1. The van der Waals surface area contributed by atoms with Crippen molar-refractivity contribution in [3.05, 3.63) is 60.2 Å². The smallest absolute Gasteiger partial charge is 0.243 e. The summed E-state index contributed by atoms with van der Waals surface area (Å²) in [6, 6.07) is 14.9. The molecule has 0 aliphatic carbocycles. The van der Waals surface area contributed by atoms with E-state index < -0.39 is 10.0 Å². The summed E-state index contributed by atoms with van der Waals surface area (Å²) in [5.41, 5.74) is 2.34. The third kappa shape index (κ3) is 3.34. The molecule has 0 atom stereocenters. The van der Waals surface area contributed by atoms with Crippen LogP contribution in [0.2, 0.25) is 0 Å². The highest BCUT2D eigenvalue weighted by Gasteiger charge is 2.27. The Morgan fingerprint density at radius 2 is 1.69 bits per heavy atom. The van der Waals surface area contributed by atoms with E-state index in [0.717, 1.165) is 12.0 Å². The van der Waals surface area contributed by atoms with Crippen molar-refractivity contribution in [3.63, 3.8) is 0 Å². The summed E-state index contributed by atoms with van der Waals surface area (Å²) in [7, 11) is -3.56. The number of hydrogen-bond donors (Lipinski definition) is 0. The molecular weight excluding hydrogens is 350 g/mol. The number of hydrogen-bond acceptors (Lipinski definition) is 4. The fourth-order valence-electron chi connectivity index (χ4n) is 3.24. The van der Waals surface area contributed by atoms with Crippen LogP contribution in [0.5, 0.6) is 11.5 Å². The normalized spacial score (nSPS) is 18.1. The first-order chi connectivity index (χ1) is 12.6. The maximum Gasteiger partial charge on any atom is 0.243 e. The van der Waals surface area contributed by atoms with E-state index in [4.69, 9.17) is 9.47 Å². The van der Waals surface area contributed by atoms with Crippen LogP contribution in [0.4, 0.5) is 0 Å². The Balaban J connectivity index is 1.56. The number of fused-ring (bicyclic) bond motifs is 1. The van der Waals surface area contributed by atoms with E-state index in [-0.39, 0.29) is 4.90 Å². The first kappa shape index (κ1) is 17.1. The molecule has 26 heavy (non-hydrogen) atoms. The Hall–Kier alpha value is -2.31. The summed E-state index contributed by atoms with van der Waals surface area (Å²) in [6.45, 7) is 1.96. The van der Waals surface area contributed by atoms with E-state index in [1.807, 2.05) is 24.3 Å². The summed E-state index contributed by atoms with van der Waals surface area (Å²) in [5.74, 6) is 1.10. The van der Waals surface area contributed by atoms with Gasteiger partial charge in [0, 0.05) is 25.6 Å². The molecule has 0 N–H and O–H groups in total. The lowest BCUT2D eigenvalue weighted by atomic mass is 10.0. The minimum atomic E-state index is -3.56. The van der Waals surface area contributed by atoms with Crippen molar-refractivity contribution in [2.45, 2.75) is 17.7 Å². The fraction of sp³-hybridized carbons (Fsp3) is 0.300. The molecule has 2 aliphatic heterocycles. The summed E-state index contributed by atoms with van der Waals surface area (Å²) in [6.07, 6.45) is 3.49. The molecule has 0 saturated heterocycles. The Bertz CT molecular complexity index is 922. The Labute approximate surface area is 153 Å². The van der Waals surface area contributed by atoms with E-state index in [9.17, 15) is 8.42 Å². The maximum absolute atomic E-state index is 13.0. The van der Waals surface area contributed by atoms with Crippen molar-refractivity contribution >= 4 is 15.6 Å². The zero-order chi connectivity index (χ0) is 18.0. The van der Waals surface area contributed by atoms with Gasteiger partial charge in [-0.05, 0) is 29.7 Å². The number of rotatable bonds is 3. The van der Waals surface area contributed by atoms with Gasteiger partial charge in [0.05, 0.1) is 18.1 Å². The van der Waals surface area contributed by atoms with E-state index in [2.05, 4.69) is 12.1 Å². The van der Waals surface area contributed by atoms with Crippen LogP contribution < -0.4 is 9.47 Å². The monoisotopic (exact) mass is 371 g/mol. The molecule has 0 spiro atoms. The van der Waals surface area contributed by atoms with Gasteiger partial charge in [-0.1, -0.05) is 36.4 Å². The summed E-state index contributed by atoms with van der Waals surface area (Å²) >= 11 is 0. The van der Waals surface area contributed by atoms with Gasteiger partial charge in [-0.25, -0.2) is 8.42 Å². The predicted octanol–water partition coefficient (Wildman–Crippen LogP) is 3.33. The molecule has 0 unspecified atom stereocenters.